The Morgan fingerprint density at radius 2 is 1.80 bits per heavy atom. The van der Waals surface area contributed by atoms with Crippen molar-refractivity contribution in [2.75, 3.05) is 0 Å². The highest BCUT2D eigenvalue weighted by atomic mass is 79.9. The highest BCUT2D eigenvalue weighted by Crippen LogP contribution is 2.30. The van der Waals surface area contributed by atoms with Gasteiger partial charge < -0.3 is 0 Å². The maximum atomic E-state index is 12.6. The van der Waals surface area contributed by atoms with Gasteiger partial charge in [0.2, 0.25) is 10.0 Å². The monoisotopic (exact) mass is 423 g/mol. The lowest BCUT2D eigenvalue weighted by atomic mass is 9.87. The second-order valence-electron chi connectivity index (χ2n) is 5.52. The average molecular weight is 425 g/mol. The van der Waals surface area contributed by atoms with Crippen molar-refractivity contribution in [3.8, 4) is 0 Å². The van der Waals surface area contributed by atoms with Crippen molar-refractivity contribution in [1.29, 1.82) is 0 Å². The van der Waals surface area contributed by atoms with Gasteiger partial charge in [-0.1, -0.05) is 35.7 Å². The van der Waals surface area contributed by atoms with E-state index in [-0.39, 0.29) is 6.04 Å². The number of nitrogens with one attached hydrogen (secondary N) is 1. The number of benzene rings is 1. The summed E-state index contributed by atoms with van der Waals surface area (Å²) in [6.45, 7) is 4.01. The molecule has 1 aromatic carbocycles. The van der Waals surface area contributed by atoms with Crippen LogP contribution in [0.4, 0.5) is 0 Å². The van der Waals surface area contributed by atoms with Crippen LogP contribution >= 0.6 is 31.9 Å². The second kappa shape index (κ2) is 6.46. The van der Waals surface area contributed by atoms with Crippen molar-refractivity contribution in [1.82, 2.24) is 4.72 Å². The molecule has 1 aliphatic carbocycles. The molecule has 2 rings (SSSR count). The third kappa shape index (κ3) is 3.64. The number of aryl methyl sites for hydroxylation is 1. The number of sulfonamides is 1. The van der Waals surface area contributed by atoms with Gasteiger partial charge in [0.15, 0.2) is 0 Å². The normalized spacial score (nSPS) is 23.8. The molecule has 1 saturated carbocycles. The van der Waals surface area contributed by atoms with Crippen LogP contribution in [0, 0.1) is 12.8 Å². The van der Waals surface area contributed by atoms with Crippen molar-refractivity contribution in [3.63, 3.8) is 0 Å². The zero-order valence-corrected chi connectivity index (χ0v) is 15.6. The first-order chi connectivity index (χ1) is 9.31. The van der Waals surface area contributed by atoms with E-state index in [0.717, 1.165) is 29.3 Å². The maximum Gasteiger partial charge on any atom is 0.241 e. The van der Waals surface area contributed by atoms with Gasteiger partial charge >= 0.3 is 0 Å². The minimum Gasteiger partial charge on any atom is -0.208 e. The van der Waals surface area contributed by atoms with E-state index in [1.165, 1.54) is 6.42 Å². The molecule has 1 N–H and O–H groups in total. The molecule has 1 aliphatic rings. The van der Waals surface area contributed by atoms with E-state index in [9.17, 15) is 8.42 Å². The Balaban J connectivity index is 2.28. The number of hydrogen-bond donors (Lipinski definition) is 1. The highest BCUT2D eigenvalue weighted by Gasteiger charge is 2.28. The minimum absolute atomic E-state index is 0.0459. The Hall–Kier alpha value is 0.0900. The number of rotatable bonds is 3. The third-order valence-electron chi connectivity index (χ3n) is 3.92. The van der Waals surface area contributed by atoms with Crippen LogP contribution in [0.25, 0.3) is 0 Å². The van der Waals surface area contributed by atoms with Gasteiger partial charge in [0.1, 0.15) is 0 Å². The fourth-order valence-corrected chi connectivity index (χ4v) is 5.75. The molecule has 0 saturated heterocycles. The molecule has 2 atom stereocenters. The smallest absolute Gasteiger partial charge is 0.208 e. The lowest BCUT2D eigenvalue weighted by molar-refractivity contribution is 0.310. The summed E-state index contributed by atoms with van der Waals surface area (Å²) in [5.41, 5.74) is 0.908. The summed E-state index contributed by atoms with van der Waals surface area (Å²) in [5, 5.41) is 0. The van der Waals surface area contributed by atoms with E-state index in [2.05, 4.69) is 43.5 Å². The first-order valence-corrected chi connectivity index (χ1v) is 9.86. The summed E-state index contributed by atoms with van der Waals surface area (Å²) in [6, 6.07) is 3.53. The van der Waals surface area contributed by atoms with Gasteiger partial charge in [0.05, 0.1) is 4.90 Å². The molecule has 20 heavy (non-hydrogen) atoms. The van der Waals surface area contributed by atoms with Crippen molar-refractivity contribution in [3.05, 3.63) is 26.6 Å². The van der Waals surface area contributed by atoms with Crippen LogP contribution in [0.1, 0.15) is 38.2 Å². The second-order valence-corrected chi connectivity index (χ2v) is 8.91. The van der Waals surface area contributed by atoms with E-state index >= 15 is 0 Å². The first-order valence-electron chi connectivity index (χ1n) is 6.79. The lowest BCUT2D eigenvalue weighted by Gasteiger charge is -2.29. The fourth-order valence-electron chi connectivity index (χ4n) is 2.59. The van der Waals surface area contributed by atoms with Gasteiger partial charge in [-0.2, -0.15) is 0 Å². The van der Waals surface area contributed by atoms with Crippen molar-refractivity contribution >= 4 is 41.9 Å². The van der Waals surface area contributed by atoms with Crippen LogP contribution in [0.2, 0.25) is 0 Å². The number of hydrogen-bond acceptors (Lipinski definition) is 2. The molecule has 0 heterocycles. The molecule has 0 aromatic heterocycles. The van der Waals surface area contributed by atoms with Gasteiger partial charge in [-0.15, -0.1) is 0 Å². The molecule has 6 heteroatoms. The molecule has 1 fully saturated rings. The zero-order valence-electron chi connectivity index (χ0n) is 11.6. The molecule has 112 valence electrons. The fraction of sp³-hybridized carbons (Fsp3) is 0.571. The summed E-state index contributed by atoms with van der Waals surface area (Å²) < 4.78 is 29.5. The van der Waals surface area contributed by atoms with Gasteiger partial charge in [0, 0.05) is 15.0 Å². The van der Waals surface area contributed by atoms with E-state index in [4.69, 9.17) is 0 Å². The van der Waals surface area contributed by atoms with Gasteiger partial charge in [-0.05, 0) is 59.3 Å². The molecule has 1 aromatic rings. The molecule has 0 amide bonds. The van der Waals surface area contributed by atoms with Crippen molar-refractivity contribution in [2.24, 2.45) is 5.92 Å². The standard InChI is InChI=1S/C14H19Br2NO2S/c1-9-5-3-4-6-13(9)17-20(18,19)14-7-10(2)11(15)8-12(14)16/h7-9,13,17H,3-6H2,1-2H3/t9-,13+/m1/s1. The quantitative estimate of drug-likeness (QED) is 0.782. The molecule has 3 nitrogen and oxygen atoms in total. The summed E-state index contributed by atoms with van der Waals surface area (Å²) in [7, 11) is -3.48. The Morgan fingerprint density at radius 1 is 1.15 bits per heavy atom. The van der Waals surface area contributed by atoms with E-state index < -0.39 is 10.0 Å². The first kappa shape index (κ1) is 16.5. The van der Waals surface area contributed by atoms with E-state index in [1.54, 1.807) is 12.1 Å². The predicted octanol–water partition coefficient (Wildman–Crippen LogP) is 4.38. The van der Waals surface area contributed by atoms with Crippen LogP contribution in [-0.4, -0.2) is 14.5 Å². The summed E-state index contributed by atoms with van der Waals surface area (Å²) in [4.78, 5) is 0.316. The Labute approximate surface area is 137 Å². The molecule has 0 bridgehead atoms. The number of halogens is 2. The lowest BCUT2D eigenvalue weighted by Crippen LogP contribution is -2.41. The highest BCUT2D eigenvalue weighted by molar-refractivity contribution is 9.11. The molecular formula is C14H19Br2NO2S. The van der Waals surface area contributed by atoms with Crippen molar-refractivity contribution < 1.29 is 8.42 Å². The molecular weight excluding hydrogens is 406 g/mol. The summed E-state index contributed by atoms with van der Waals surface area (Å²) in [6.07, 6.45) is 4.31. The zero-order chi connectivity index (χ0) is 14.9. The van der Waals surface area contributed by atoms with Crippen LogP contribution in [0.3, 0.4) is 0 Å². The van der Waals surface area contributed by atoms with E-state index in [1.807, 2.05) is 6.92 Å². The van der Waals surface area contributed by atoms with Crippen LogP contribution in [0.15, 0.2) is 26.0 Å². The van der Waals surface area contributed by atoms with Crippen LogP contribution in [0.5, 0.6) is 0 Å². The third-order valence-corrected chi connectivity index (χ3v) is 7.22. The van der Waals surface area contributed by atoms with Gasteiger partial charge in [0.25, 0.3) is 0 Å². The Morgan fingerprint density at radius 3 is 2.45 bits per heavy atom. The Bertz CT molecular complexity index is 601. The molecule has 0 unspecified atom stereocenters. The minimum atomic E-state index is -3.48. The van der Waals surface area contributed by atoms with Gasteiger partial charge in [-0.3, -0.25) is 0 Å². The predicted molar refractivity (Wildman–Crippen MR) is 88.3 cm³/mol. The Kier molecular flexibility index (Phi) is 5.32. The summed E-state index contributed by atoms with van der Waals surface area (Å²) >= 11 is 6.76. The topological polar surface area (TPSA) is 46.2 Å². The van der Waals surface area contributed by atoms with E-state index in [0.29, 0.717) is 15.3 Å². The summed E-state index contributed by atoms with van der Waals surface area (Å²) in [5.74, 6) is 0.397. The van der Waals surface area contributed by atoms with Gasteiger partial charge in [-0.25, -0.2) is 13.1 Å². The van der Waals surface area contributed by atoms with Crippen LogP contribution < -0.4 is 4.72 Å². The van der Waals surface area contributed by atoms with Crippen molar-refractivity contribution in [2.45, 2.75) is 50.5 Å². The SMILES string of the molecule is Cc1cc(S(=O)(=O)N[C@H]2CCCC[C@H]2C)c(Br)cc1Br. The maximum absolute atomic E-state index is 12.6. The largest absolute Gasteiger partial charge is 0.241 e. The molecule has 0 radical (unpaired) electrons. The van der Waals surface area contributed by atoms with Crippen LogP contribution in [-0.2, 0) is 10.0 Å². The average Bonchev–Trinajstić information content (AvgIpc) is 2.36. The molecule has 0 aliphatic heterocycles. The molecule has 0 spiro atoms.